The number of methoxy groups -OCH3 is 2. The molecule has 0 saturated carbocycles. The number of ether oxygens (including phenoxy) is 2. The third kappa shape index (κ3) is 4.34. The van der Waals surface area contributed by atoms with E-state index in [-0.39, 0.29) is 24.3 Å². The maximum absolute atomic E-state index is 12.9. The Morgan fingerprint density at radius 1 is 1.03 bits per heavy atom. The third-order valence-electron chi connectivity index (χ3n) is 4.95. The highest BCUT2D eigenvalue weighted by atomic mass is 35.5. The van der Waals surface area contributed by atoms with E-state index in [0.29, 0.717) is 27.6 Å². The molecule has 1 heterocycles. The number of hydrogen-bond acceptors (Lipinski definition) is 6. The Bertz CT molecular complexity index is 1060. The van der Waals surface area contributed by atoms with Crippen molar-refractivity contribution in [2.24, 2.45) is 0 Å². The number of aliphatic hydroxyl groups is 1. The molecule has 0 unspecified atom stereocenters. The van der Waals surface area contributed by atoms with E-state index in [0.717, 1.165) is 4.90 Å². The Hall–Kier alpha value is -3.52. The average Bonchev–Trinajstić information content (AvgIpc) is 3.01. The van der Waals surface area contributed by atoms with Gasteiger partial charge in [-0.25, -0.2) is 0 Å². The highest BCUT2D eigenvalue weighted by molar-refractivity contribution is 6.46. The number of carboxylic acids is 1. The van der Waals surface area contributed by atoms with E-state index in [4.69, 9.17) is 26.2 Å². The van der Waals surface area contributed by atoms with Crippen LogP contribution in [0.3, 0.4) is 0 Å². The number of aliphatic carboxylic acids is 1. The molecule has 31 heavy (non-hydrogen) atoms. The van der Waals surface area contributed by atoms with Gasteiger partial charge in [-0.3, -0.25) is 14.4 Å². The Morgan fingerprint density at radius 2 is 1.68 bits per heavy atom. The molecule has 0 spiro atoms. The van der Waals surface area contributed by atoms with Crippen LogP contribution in [-0.4, -0.2) is 53.5 Å². The van der Waals surface area contributed by atoms with Gasteiger partial charge < -0.3 is 24.6 Å². The van der Waals surface area contributed by atoms with Crippen molar-refractivity contribution in [1.29, 1.82) is 0 Å². The Labute approximate surface area is 183 Å². The van der Waals surface area contributed by atoms with E-state index in [2.05, 4.69) is 0 Å². The number of amides is 1. The number of carbonyl (C=O) groups excluding carboxylic acids is 2. The molecule has 3 rings (SSSR count). The van der Waals surface area contributed by atoms with Crippen molar-refractivity contribution in [3.05, 3.63) is 64.2 Å². The van der Waals surface area contributed by atoms with Crippen LogP contribution in [0.25, 0.3) is 5.76 Å². The Kier molecular flexibility index (Phi) is 6.50. The number of hydrogen-bond donors (Lipinski definition) is 2. The van der Waals surface area contributed by atoms with E-state index in [9.17, 15) is 19.5 Å². The van der Waals surface area contributed by atoms with E-state index in [1.54, 1.807) is 30.3 Å². The van der Waals surface area contributed by atoms with Gasteiger partial charge in [-0.05, 0) is 42.0 Å². The Morgan fingerprint density at radius 3 is 2.26 bits per heavy atom. The zero-order valence-electron chi connectivity index (χ0n) is 16.8. The highest BCUT2D eigenvalue weighted by Crippen LogP contribution is 2.42. The second-order valence-electron chi connectivity index (χ2n) is 6.76. The van der Waals surface area contributed by atoms with Crippen LogP contribution in [0.2, 0.25) is 5.02 Å². The molecule has 9 heteroatoms. The molecule has 2 aromatic carbocycles. The molecule has 1 aliphatic rings. The minimum Gasteiger partial charge on any atom is -0.507 e. The number of nitrogens with zero attached hydrogens (tertiary/aromatic N) is 1. The summed E-state index contributed by atoms with van der Waals surface area (Å²) in [7, 11) is 2.91. The standard InChI is InChI=1S/C22H20ClNO7/c1-30-15-8-5-13(11-16(15)31-2)19-18(20(27)12-3-6-14(23)7-4-12)21(28)22(29)24(19)10-9-17(25)26/h3-8,11,19,27H,9-10H2,1-2H3,(H,25,26)/b20-18+/t19-/m0/s1. The average molecular weight is 446 g/mol. The number of carboxylic acid groups (broad SMARTS) is 1. The summed E-state index contributed by atoms with van der Waals surface area (Å²) in [5.41, 5.74) is 0.605. The molecule has 1 saturated heterocycles. The molecule has 0 radical (unpaired) electrons. The lowest BCUT2D eigenvalue weighted by atomic mass is 9.95. The first-order valence-electron chi connectivity index (χ1n) is 9.26. The summed E-state index contributed by atoms with van der Waals surface area (Å²) in [5, 5.41) is 20.4. The first kappa shape index (κ1) is 22.2. The maximum Gasteiger partial charge on any atom is 0.305 e. The molecule has 8 nitrogen and oxygen atoms in total. The number of ketones is 1. The molecule has 1 aliphatic heterocycles. The summed E-state index contributed by atoms with van der Waals surface area (Å²) >= 11 is 5.90. The normalized spacial score (nSPS) is 17.6. The molecule has 162 valence electrons. The van der Waals surface area contributed by atoms with Crippen LogP contribution in [0, 0.1) is 0 Å². The highest BCUT2D eigenvalue weighted by Gasteiger charge is 2.46. The third-order valence-corrected chi connectivity index (χ3v) is 5.20. The fourth-order valence-electron chi connectivity index (χ4n) is 3.46. The maximum atomic E-state index is 12.9. The van der Waals surface area contributed by atoms with Crippen molar-refractivity contribution in [3.8, 4) is 11.5 Å². The number of rotatable bonds is 7. The van der Waals surface area contributed by atoms with E-state index in [1.165, 1.54) is 26.4 Å². The molecular weight excluding hydrogens is 426 g/mol. The minimum absolute atomic E-state index is 0.148. The lowest BCUT2D eigenvalue weighted by molar-refractivity contribution is -0.142. The molecule has 2 aromatic rings. The number of benzene rings is 2. The second kappa shape index (κ2) is 9.09. The first-order chi connectivity index (χ1) is 14.8. The van der Waals surface area contributed by atoms with E-state index >= 15 is 0 Å². The van der Waals surface area contributed by atoms with Crippen molar-refractivity contribution in [2.75, 3.05) is 20.8 Å². The van der Waals surface area contributed by atoms with Gasteiger partial charge in [0.25, 0.3) is 11.7 Å². The fraction of sp³-hybridized carbons (Fsp3) is 0.227. The smallest absolute Gasteiger partial charge is 0.305 e. The van der Waals surface area contributed by atoms with Crippen molar-refractivity contribution in [3.63, 3.8) is 0 Å². The van der Waals surface area contributed by atoms with Gasteiger partial charge in [-0.1, -0.05) is 17.7 Å². The van der Waals surface area contributed by atoms with Gasteiger partial charge in [0.15, 0.2) is 11.5 Å². The second-order valence-corrected chi connectivity index (χ2v) is 7.19. The lowest BCUT2D eigenvalue weighted by Gasteiger charge is -2.25. The number of Topliss-reactive ketones (excluding diaryl/α,β-unsaturated/α-hetero) is 1. The van der Waals surface area contributed by atoms with Gasteiger partial charge in [0.2, 0.25) is 0 Å². The van der Waals surface area contributed by atoms with Crippen molar-refractivity contribution < 1.29 is 34.1 Å². The van der Waals surface area contributed by atoms with Crippen LogP contribution in [0.15, 0.2) is 48.0 Å². The molecule has 0 bridgehead atoms. The van der Waals surface area contributed by atoms with Gasteiger partial charge >= 0.3 is 5.97 Å². The van der Waals surface area contributed by atoms with Crippen LogP contribution in [0.1, 0.15) is 23.6 Å². The first-order valence-corrected chi connectivity index (χ1v) is 9.64. The summed E-state index contributed by atoms with van der Waals surface area (Å²) < 4.78 is 10.5. The quantitative estimate of drug-likeness (QED) is 0.382. The minimum atomic E-state index is -1.12. The van der Waals surface area contributed by atoms with Crippen molar-refractivity contribution in [1.82, 2.24) is 4.90 Å². The number of aliphatic hydroxyl groups excluding tert-OH is 1. The summed E-state index contributed by atoms with van der Waals surface area (Å²) in [4.78, 5) is 37.9. The van der Waals surface area contributed by atoms with Gasteiger partial charge in [0.1, 0.15) is 5.76 Å². The van der Waals surface area contributed by atoms with Gasteiger partial charge in [-0.2, -0.15) is 0 Å². The fourth-order valence-corrected chi connectivity index (χ4v) is 3.59. The summed E-state index contributed by atoms with van der Waals surface area (Å²) in [6.07, 6.45) is -0.363. The van der Waals surface area contributed by atoms with Crippen LogP contribution in [-0.2, 0) is 14.4 Å². The molecular formula is C22H20ClNO7. The number of halogens is 1. The summed E-state index contributed by atoms with van der Waals surface area (Å²) in [6.45, 7) is -0.212. The molecule has 1 fully saturated rings. The predicted molar refractivity (Wildman–Crippen MR) is 112 cm³/mol. The topological polar surface area (TPSA) is 113 Å². The zero-order valence-corrected chi connectivity index (χ0v) is 17.5. The predicted octanol–water partition coefficient (Wildman–Crippen LogP) is 3.25. The van der Waals surface area contributed by atoms with Crippen molar-refractivity contribution in [2.45, 2.75) is 12.5 Å². The molecule has 0 aliphatic carbocycles. The lowest BCUT2D eigenvalue weighted by Crippen LogP contribution is -2.31. The van der Waals surface area contributed by atoms with Crippen LogP contribution < -0.4 is 9.47 Å². The van der Waals surface area contributed by atoms with E-state index in [1.807, 2.05) is 0 Å². The monoisotopic (exact) mass is 445 g/mol. The van der Waals surface area contributed by atoms with Crippen LogP contribution in [0.5, 0.6) is 11.5 Å². The molecule has 1 amide bonds. The van der Waals surface area contributed by atoms with Crippen LogP contribution >= 0.6 is 11.6 Å². The van der Waals surface area contributed by atoms with Crippen LogP contribution in [0.4, 0.5) is 0 Å². The van der Waals surface area contributed by atoms with E-state index < -0.39 is 23.7 Å². The van der Waals surface area contributed by atoms with Gasteiger partial charge in [0.05, 0.1) is 32.3 Å². The number of likely N-dealkylation sites (tertiary alicyclic amines) is 1. The molecule has 0 aromatic heterocycles. The largest absolute Gasteiger partial charge is 0.507 e. The molecule has 1 atom stereocenters. The van der Waals surface area contributed by atoms with Gasteiger partial charge in [-0.15, -0.1) is 0 Å². The molecule has 2 N–H and O–H groups in total. The summed E-state index contributed by atoms with van der Waals surface area (Å²) in [5.74, 6) is -2.51. The number of carbonyl (C=O) groups is 3. The SMILES string of the molecule is COc1ccc([C@H]2/C(=C(\O)c3ccc(Cl)cc3)C(=O)C(=O)N2CCC(=O)O)cc1OC. The summed E-state index contributed by atoms with van der Waals surface area (Å²) in [6, 6.07) is 9.94. The zero-order chi connectivity index (χ0) is 22.7. The van der Waals surface area contributed by atoms with Crippen molar-refractivity contribution >= 4 is 35.0 Å². The van der Waals surface area contributed by atoms with Gasteiger partial charge in [0, 0.05) is 17.1 Å². The Balaban J connectivity index is 2.19.